The Balaban J connectivity index is 1.82. The Labute approximate surface area is 181 Å². The minimum Gasteiger partial charge on any atom is -0.483 e. The fourth-order valence-corrected chi connectivity index (χ4v) is 3.23. The van der Waals surface area contributed by atoms with E-state index in [1.807, 2.05) is 0 Å². The number of nitrogens with zero attached hydrogens (tertiary/aromatic N) is 1. The molecule has 0 saturated carbocycles. The van der Waals surface area contributed by atoms with E-state index < -0.39 is 16.7 Å². The van der Waals surface area contributed by atoms with Crippen molar-refractivity contribution in [1.29, 1.82) is 0 Å². The molecule has 146 valence electrons. The highest BCUT2D eigenvalue weighted by Crippen LogP contribution is 2.28. The van der Waals surface area contributed by atoms with Crippen molar-refractivity contribution in [3.05, 3.63) is 67.1 Å². The number of halogens is 2. The molecule has 0 fully saturated rings. The van der Waals surface area contributed by atoms with Gasteiger partial charge in [-0.25, -0.2) is 0 Å². The number of hydrogen-bond donors (Lipinski definition) is 3. The summed E-state index contributed by atoms with van der Waals surface area (Å²) in [5, 5.41) is 13.0. The molecular weight excluding hydrogens is 520 g/mol. The van der Waals surface area contributed by atoms with Crippen LogP contribution in [0.4, 0.5) is 5.69 Å². The first kappa shape index (κ1) is 21.7. The number of carbonyl (C=O) groups is 2. The molecule has 3 N–H and O–H groups in total. The second-order valence-corrected chi connectivity index (χ2v) is 7.27. The van der Waals surface area contributed by atoms with E-state index in [1.165, 1.54) is 24.3 Å². The van der Waals surface area contributed by atoms with Crippen LogP contribution in [0, 0.1) is 10.1 Å². The Morgan fingerprint density at radius 3 is 2.54 bits per heavy atom. The standard InChI is InChI=1S/C16H12Br2N4O5S/c17-9-5-6-13(11(18)7-9)27-8-14(23)20-21-16(28)19-15(24)10-3-1-2-4-12(10)22(25)26/h1-7H,8H2,(H,20,23)(H2,19,21,24,28). The Hall–Kier alpha value is -2.57. The molecule has 0 unspecified atom stereocenters. The number of nitro groups is 1. The van der Waals surface area contributed by atoms with E-state index in [0.29, 0.717) is 10.2 Å². The third-order valence-electron chi connectivity index (χ3n) is 3.14. The van der Waals surface area contributed by atoms with E-state index in [1.54, 1.807) is 18.2 Å². The van der Waals surface area contributed by atoms with Gasteiger partial charge in [-0.1, -0.05) is 28.1 Å². The molecule has 0 atom stereocenters. The van der Waals surface area contributed by atoms with Crippen LogP contribution in [0.2, 0.25) is 0 Å². The number of nitro benzene ring substituents is 1. The SMILES string of the molecule is O=C(COc1ccc(Br)cc1Br)NNC(=S)NC(=O)c1ccccc1[N+](=O)[O-]. The fraction of sp³-hybridized carbons (Fsp3) is 0.0625. The number of hydrogen-bond acceptors (Lipinski definition) is 6. The average molecular weight is 532 g/mol. The van der Waals surface area contributed by atoms with Gasteiger partial charge in [-0.2, -0.15) is 0 Å². The Kier molecular flexibility index (Phi) is 7.84. The Morgan fingerprint density at radius 2 is 1.86 bits per heavy atom. The minimum atomic E-state index is -0.783. The number of rotatable bonds is 5. The molecule has 28 heavy (non-hydrogen) atoms. The molecule has 0 aliphatic carbocycles. The van der Waals surface area contributed by atoms with Crippen molar-refractivity contribution in [3.8, 4) is 5.75 Å². The van der Waals surface area contributed by atoms with Gasteiger partial charge >= 0.3 is 0 Å². The number of amides is 2. The van der Waals surface area contributed by atoms with Crippen molar-refractivity contribution < 1.29 is 19.2 Å². The van der Waals surface area contributed by atoms with Gasteiger partial charge < -0.3 is 4.74 Å². The smallest absolute Gasteiger partial charge is 0.282 e. The molecule has 0 aliphatic heterocycles. The van der Waals surface area contributed by atoms with Crippen molar-refractivity contribution in [1.82, 2.24) is 16.2 Å². The first-order chi connectivity index (χ1) is 13.3. The van der Waals surface area contributed by atoms with Crippen molar-refractivity contribution in [2.24, 2.45) is 0 Å². The van der Waals surface area contributed by atoms with Crippen molar-refractivity contribution >= 4 is 66.7 Å². The lowest BCUT2D eigenvalue weighted by molar-refractivity contribution is -0.385. The minimum absolute atomic E-state index is 0.161. The summed E-state index contributed by atoms with van der Waals surface area (Å²) in [4.78, 5) is 34.2. The molecule has 2 rings (SSSR count). The fourth-order valence-electron chi connectivity index (χ4n) is 1.92. The predicted molar refractivity (Wildman–Crippen MR) is 112 cm³/mol. The van der Waals surface area contributed by atoms with Gasteiger partial charge in [0, 0.05) is 10.5 Å². The third-order valence-corrected chi connectivity index (χ3v) is 4.46. The lowest BCUT2D eigenvalue weighted by Crippen LogP contribution is -2.49. The van der Waals surface area contributed by atoms with Gasteiger partial charge in [-0.15, -0.1) is 0 Å². The van der Waals surface area contributed by atoms with Crippen LogP contribution in [0.5, 0.6) is 5.75 Å². The molecule has 0 saturated heterocycles. The maximum Gasteiger partial charge on any atom is 0.282 e. The van der Waals surface area contributed by atoms with Gasteiger partial charge in [0.15, 0.2) is 11.7 Å². The summed E-state index contributed by atoms with van der Waals surface area (Å²) < 4.78 is 6.86. The highest BCUT2D eigenvalue weighted by molar-refractivity contribution is 9.11. The number of hydrazine groups is 1. The topological polar surface area (TPSA) is 123 Å². The van der Waals surface area contributed by atoms with Gasteiger partial charge in [0.2, 0.25) is 0 Å². The highest BCUT2D eigenvalue weighted by Gasteiger charge is 2.20. The van der Waals surface area contributed by atoms with Gasteiger partial charge in [-0.3, -0.25) is 35.9 Å². The van der Waals surface area contributed by atoms with Crippen LogP contribution in [-0.2, 0) is 4.79 Å². The second-order valence-electron chi connectivity index (χ2n) is 5.09. The van der Waals surface area contributed by atoms with E-state index in [0.717, 1.165) is 4.47 Å². The maximum absolute atomic E-state index is 12.1. The number of para-hydroxylation sites is 1. The van der Waals surface area contributed by atoms with Gasteiger partial charge in [0.1, 0.15) is 11.3 Å². The number of carbonyl (C=O) groups excluding carboxylic acids is 2. The molecule has 0 heterocycles. The van der Waals surface area contributed by atoms with Crippen LogP contribution < -0.4 is 20.9 Å². The van der Waals surface area contributed by atoms with Crippen LogP contribution in [0.15, 0.2) is 51.4 Å². The summed E-state index contributed by atoms with van der Waals surface area (Å²) in [6.07, 6.45) is 0. The molecule has 2 aromatic rings. The van der Waals surface area contributed by atoms with Crippen LogP contribution in [0.3, 0.4) is 0 Å². The summed E-state index contributed by atoms with van der Waals surface area (Å²) in [6, 6.07) is 10.6. The summed E-state index contributed by atoms with van der Waals surface area (Å²) in [5.74, 6) is -0.878. The first-order valence-corrected chi connectivity index (χ1v) is 9.49. The van der Waals surface area contributed by atoms with E-state index in [9.17, 15) is 19.7 Å². The number of benzene rings is 2. The summed E-state index contributed by atoms with van der Waals surface area (Å²) >= 11 is 11.5. The van der Waals surface area contributed by atoms with Crippen LogP contribution in [-0.4, -0.2) is 28.5 Å². The van der Waals surface area contributed by atoms with Gasteiger partial charge in [0.05, 0.1) is 9.40 Å². The molecule has 0 aliphatic rings. The zero-order valence-corrected chi connectivity index (χ0v) is 17.9. The Bertz CT molecular complexity index is 941. The van der Waals surface area contributed by atoms with Gasteiger partial charge in [0.25, 0.3) is 17.5 Å². The summed E-state index contributed by atoms with van der Waals surface area (Å²) in [7, 11) is 0. The van der Waals surface area contributed by atoms with Crippen molar-refractivity contribution in [3.63, 3.8) is 0 Å². The first-order valence-electron chi connectivity index (χ1n) is 7.49. The average Bonchev–Trinajstić information content (AvgIpc) is 2.65. The molecule has 0 radical (unpaired) electrons. The van der Waals surface area contributed by atoms with E-state index >= 15 is 0 Å². The summed E-state index contributed by atoms with van der Waals surface area (Å²) in [6.45, 7) is -0.312. The van der Waals surface area contributed by atoms with Crippen LogP contribution >= 0.6 is 44.1 Å². The number of thiocarbonyl (C=S) groups is 1. The van der Waals surface area contributed by atoms with E-state index in [4.69, 9.17) is 17.0 Å². The molecule has 0 spiro atoms. The van der Waals surface area contributed by atoms with E-state index in [-0.39, 0.29) is 23.0 Å². The zero-order valence-electron chi connectivity index (χ0n) is 13.9. The molecule has 2 amide bonds. The quantitative estimate of drug-likeness (QED) is 0.308. The largest absolute Gasteiger partial charge is 0.483 e. The normalized spacial score (nSPS) is 9.93. The van der Waals surface area contributed by atoms with Crippen molar-refractivity contribution in [2.45, 2.75) is 0 Å². The maximum atomic E-state index is 12.1. The molecule has 12 heteroatoms. The molecule has 0 aromatic heterocycles. The lowest BCUT2D eigenvalue weighted by Gasteiger charge is -2.12. The highest BCUT2D eigenvalue weighted by atomic mass is 79.9. The molecule has 2 aromatic carbocycles. The Morgan fingerprint density at radius 1 is 1.14 bits per heavy atom. The van der Waals surface area contributed by atoms with Crippen LogP contribution in [0.25, 0.3) is 0 Å². The molecular formula is C16H12Br2N4O5S. The van der Waals surface area contributed by atoms with Crippen LogP contribution in [0.1, 0.15) is 10.4 Å². The lowest BCUT2D eigenvalue weighted by atomic mass is 10.1. The van der Waals surface area contributed by atoms with Gasteiger partial charge in [-0.05, 0) is 52.4 Å². The number of nitrogens with one attached hydrogen (secondary N) is 3. The monoisotopic (exact) mass is 530 g/mol. The number of ether oxygens (including phenoxy) is 1. The van der Waals surface area contributed by atoms with Crippen molar-refractivity contribution in [2.75, 3.05) is 6.61 Å². The molecule has 0 bridgehead atoms. The second kappa shape index (κ2) is 10.1. The third kappa shape index (κ3) is 6.25. The molecule has 9 nitrogen and oxygen atoms in total. The summed E-state index contributed by atoms with van der Waals surface area (Å²) in [5.41, 5.74) is 4.05. The zero-order chi connectivity index (χ0) is 20.7. The van der Waals surface area contributed by atoms with E-state index in [2.05, 4.69) is 48.0 Å². The predicted octanol–water partition coefficient (Wildman–Crippen LogP) is 2.83.